The third kappa shape index (κ3) is 5.56. The Labute approximate surface area is 176 Å². The molecule has 0 radical (unpaired) electrons. The van der Waals surface area contributed by atoms with Crippen LogP contribution in [0.1, 0.15) is 25.0 Å². The molecular weight excluding hydrogens is 386 g/mol. The van der Waals surface area contributed by atoms with Crippen LogP contribution in [0.15, 0.2) is 60.7 Å². The summed E-state index contributed by atoms with van der Waals surface area (Å²) < 4.78 is 10.5. The summed E-state index contributed by atoms with van der Waals surface area (Å²) in [5.41, 5.74) is 7.85. The lowest BCUT2D eigenvalue weighted by Crippen LogP contribution is -2.58. The Kier molecular flexibility index (Phi) is 8.35. The van der Waals surface area contributed by atoms with Gasteiger partial charge in [0, 0.05) is 0 Å². The van der Waals surface area contributed by atoms with E-state index in [4.69, 9.17) is 21.1 Å². The third-order valence-electron chi connectivity index (χ3n) is 5.16. The van der Waals surface area contributed by atoms with Crippen molar-refractivity contribution in [3.05, 3.63) is 71.8 Å². The van der Waals surface area contributed by atoms with Crippen LogP contribution in [0.3, 0.4) is 0 Å². The molecule has 0 aromatic heterocycles. The van der Waals surface area contributed by atoms with Gasteiger partial charge in [0.1, 0.15) is 18.1 Å². The standard InChI is InChI=1S/C22H29N3O5/c1-15(2)22(13-16-9-5-3-6-10-16,18(26)19(23)30-21(28)25-24)20(27)29-14-17-11-7-4-8-12-17/h3-12,15,18-19,26H,13-14,23-24H2,1-2H3,(H,25,28)/t18-,19?,22-/m0/s1. The maximum absolute atomic E-state index is 13.4. The molecule has 2 rings (SSSR count). The molecule has 0 aliphatic carbocycles. The summed E-state index contributed by atoms with van der Waals surface area (Å²) in [6.45, 7) is 3.60. The summed E-state index contributed by atoms with van der Waals surface area (Å²) in [5, 5.41) is 11.1. The molecule has 0 heterocycles. The van der Waals surface area contributed by atoms with E-state index in [0.717, 1.165) is 11.1 Å². The summed E-state index contributed by atoms with van der Waals surface area (Å²) >= 11 is 0. The number of hydrogen-bond acceptors (Lipinski definition) is 7. The van der Waals surface area contributed by atoms with Crippen LogP contribution in [0.5, 0.6) is 0 Å². The van der Waals surface area contributed by atoms with Gasteiger partial charge in [0.25, 0.3) is 0 Å². The van der Waals surface area contributed by atoms with Crippen LogP contribution < -0.4 is 17.0 Å². The number of carbonyl (C=O) groups excluding carboxylic acids is 2. The molecule has 2 aromatic rings. The Morgan fingerprint density at radius 1 is 1.03 bits per heavy atom. The molecular formula is C22H29N3O5. The highest BCUT2D eigenvalue weighted by molar-refractivity contribution is 5.79. The van der Waals surface area contributed by atoms with Crippen LogP contribution in [0.4, 0.5) is 4.79 Å². The number of esters is 1. The van der Waals surface area contributed by atoms with E-state index in [1.807, 2.05) is 60.7 Å². The maximum atomic E-state index is 13.4. The fourth-order valence-electron chi connectivity index (χ4n) is 3.39. The van der Waals surface area contributed by atoms with Crippen LogP contribution >= 0.6 is 0 Å². The van der Waals surface area contributed by atoms with Crippen molar-refractivity contribution in [2.45, 2.75) is 39.2 Å². The van der Waals surface area contributed by atoms with Gasteiger partial charge in [-0.1, -0.05) is 74.5 Å². The van der Waals surface area contributed by atoms with E-state index in [9.17, 15) is 14.7 Å². The first kappa shape index (κ1) is 23.3. The van der Waals surface area contributed by atoms with Gasteiger partial charge in [-0.2, -0.15) is 0 Å². The highest BCUT2D eigenvalue weighted by atomic mass is 16.6. The summed E-state index contributed by atoms with van der Waals surface area (Å²) in [6.07, 6.45) is -3.92. The molecule has 8 heteroatoms. The van der Waals surface area contributed by atoms with Crippen LogP contribution in [0, 0.1) is 11.3 Å². The molecule has 0 aliphatic rings. The molecule has 1 unspecified atom stereocenters. The average Bonchev–Trinajstić information content (AvgIpc) is 2.76. The smallest absolute Gasteiger partial charge is 0.423 e. The first-order valence-electron chi connectivity index (χ1n) is 9.67. The molecule has 30 heavy (non-hydrogen) atoms. The molecule has 6 N–H and O–H groups in total. The van der Waals surface area contributed by atoms with Gasteiger partial charge in [-0.05, 0) is 23.5 Å². The van der Waals surface area contributed by atoms with Crippen molar-refractivity contribution in [2.24, 2.45) is 22.9 Å². The lowest BCUT2D eigenvalue weighted by molar-refractivity contribution is -0.177. The molecule has 0 saturated carbocycles. The lowest BCUT2D eigenvalue weighted by atomic mass is 9.68. The van der Waals surface area contributed by atoms with Crippen molar-refractivity contribution in [2.75, 3.05) is 0 Å². The number of rotatable bonds is 9. The number of aliphatic hydroxyl groups is 1. The number of amides is 1. The summed E-state index contributed by atoms with van der Waals surface area (Å²) in [5.74, 6) is 4.00. The number of nitrogens with one attached hydrogen (secondary N) is 1. The molecule has 2 aromatic carbocycles. The van der Waals surface area contributed by atoms with Crippen molar-refractivity contribution in [1.29, 1.82) is 0 Å². The van der Waals surface area contributed by atoms with Crippen LogP contribution in [-0.4, -0.2) is 29.5 Å². The number of carbonyl (C=O) groups is 2. The SMILES string of the molecule is CC(C)[C@](Cc1ccccc1)(C(=O)OCc1ccccc1)[C@@H](O)C(N)OC(=O)NN. The second-order valence-electron chi connectivity index (χ2n) is 7.38. The fourth-order valence-corrected chi connectivity index (χ4v) is 3.39. The Morgan fingerprint density at radius 3 is 2.07 bits per heavy atom. The molecule has 0 spiro atoms. The number of hydrazine groups is 1. The second-order valence-corrected chi connectivity index (χ2v) is 7.38. The summed E-state index contributed by atoms with van der Waals surface area (Å²) in [4.78, 5) is 24.9. The van der Waals surface area contributed by atoms with E-state index in [1.165, 1.54) is 0 Å². The third-order valence-corrected chi connectivity index (χ3v) is 5.16. The minimum atomic E-state index is -1.54. The quantitative estimate of drug-likeness (QED) is 0.161. The van der Waals surface area contributed by atoms with Gasteiger partial charge in [0.2, 0.25) is 0 Å². The molecule has 0 bridgehead atoms. The topological polar surface area (TPSA) is 137 Å². The van der Waals surface area contributed by atoms with E-state index < -0.39 is 35.7 Å². The predicted molar refractivity (Wildman–Crippen MR) is 111 cm³/mol. The maximum Gasteiger partial charge on any atom is 0.423 e. The van der Waals surface area contributed by atoms with Crippen LogP contribution in [0.25, 0.3) is 0 Å². The lowest BCUT2D eigenvalue weighted by Gasteiger charge is -2.41. The molecule has 8 nitrogen and oxygen atoms in total. The number of aliphatic hydroxyl groups excluding tert-OH is 1. The molecule has 0 fully saturated rings. The second kappa shape index (κ2) is 10.7. The number of nitrogens with two attached hydrogens (primary N) is 2. The zero-order chi connectivity index (χ0) is 22.1. The Balaban J connectivity index is 2.37. The van der Waals surface area contributed by atoms with Crippen molar-refractivity contribution in [3.8, 4) is 0 Å². The van der Waals surface area contributed by atoms with Crippen molar-refractivity contribution >= 4 is 12.1 Å². The highest BCUT2D eigenvalue weighted by Gasteiger charge is 2.52. The van der Waals surface area contributed by atoms with Crippen molar-refractivity contribution in [1.82, 2.24) is 5.43 Å². The summed E-state index contributed by atoms with van der Waals surface area (Å²) in [6, 6.07) is 18.4. The zero-order valence-corrected chi connectivity index (χ0v) is 17.2. The molecule has 0 aliphatic heterocycles. The van der Waals surface area contributed by atoms with Gasteiger partial charge in [0.05, 0.1) is 0 Å². The molecule has 162 valence electrons. The van der Waals surface area contributed by atoms with E-state index >= 15 is 0 Å². The molecule has 0 saturated heterocycles. The number of benzene rings is 2. The van der Waals surface area contributed by atoms with Crippen molar-refractivity contribution in [3.63, 3.8) is 0 Å². The minimum Gasteiger partial charge on any atom is -0.460 e. The fraction of sp³-hybridized carbons (Fsp3) is 0.364. The van der Waals surface area contributed by atoms with Gasteiger partial charge in [-0.25, -0.2) is 10.6 Å². The van der Waals surface area contributed by atoms with Gasteiger partial charge >= 0.3 is 12.1 Å². The Bertz CT molecular complexity index is 816. The van der Waals surface area contributed by atoms with Gasteiger partial charge in [-0.3, -0.25) is 16.0 Å². The molecule has 3 atom stereocenters. The number of hydrogen-bond donors (Lipinski definition) is 4. The van der Waals surface area contributed by atoms with Gasteiger partial charge < -0.3 is 14.6 Å². The highest BCUT2D eigenvalue weighted by Crippen LogP contribution is 2.39. The van der Waals surface area contributed by atoms with Crippen LogP contribution in [0.2, 0.25) is 0 Å². The van der Waals surface area contributed by atoms with Gasteiger partial charge in [-0.15, -0.1) is 0 Å². The Morgan fingerprint density at radius 2 is 1.57 bits per heavy atom. The van der Waals surface area contributed by atoms with E-state index in [-0.39, 0.29) is 13.0 Å². The largest absolute Gasteiger partial charge is 0.460 e. The zero-order valence-electron chi connectivity index (χ0n) is 17.2. The number of ether oxygens (including phenoxy) is 2. The summed E-state index contributed by atoms with van der Waals surface area (Å²) in [7, 11) is 0. The van der Waals surface area contributed by atoms with E-state index in [2.05, 4.69) is 0 Å². The first-order chi connectivity index (χ1) is 14.3. The first-order valence-corrected chi connectivity index (χ1v) is 9.67. The van der Waals surface area contributed by atoms with Crippen molar-refractivity contribution < 1.29 is 24.2 Å². The van der Waals surface area contributed by atoms with Gasteiger partial charge in [0.15, 0.2) is 6.23 Å². The van der Waals surface area contributed by atoms with E-state index in [0.29, 0.717) is 0 Å². The predicted octanol–water partition coefficient (Wildman–Crippen LogP) is 1.86. The molecule has 1 amide bonds. The minimum absolute atomic E-state index is 0.0367. The monoisotopic (exact) mass is 415 g/mol. The Hall–Kier alpha value is -2.94. The van der Waals surface area contributed by atoms with E-state index in [1.54, 1.807) is 19.3 Å². The normalized spacial score (nSPS) is 15.0. The van der Waals surface area contributed by atoms with Crippen LogP contribution in [-0.2, 0) is 27.3 Å². The average molecular weight is 415 g/mol.